The zero-order valence-electron chi connectivity index (χ0n) is 23.1. The fourth-order valence-corrected chi connectivity index (χ4v) is 6.61. The second-order valence-corrected chi connectivity index (χ2v) is 12.1. The van der Waals surface area contributed by atoms with E-state index in [0.717, 1.165) is 18.1 Å². The van der Waals surface area contributed by atoms with Crippen molar-refractivity contribution in [1.82, 2.24) is 0 Å². The molecule has 35 heavy (non-hydrogen) atoms. The van der Waals surface area contributed by atoms with Crippen molar-refractivity contribution in [2.24, 2.45) is 0 Å². The van der Waals surface area contributed by atoms with E-state index in [1.54, 1.807) is 0 Å². The van der Waals surface area contributed by atoms with Crippen molar-refractivity contribution in [2.75, 3.05) is 6.61 Å². The van der Waals surface area contributed by atoms with Crippen LogP contribution in [0.15, 0.2) is 24.3 Å². The number of ether oxygens (including phenoxy) is 1. The first kappa shape index (κ1) is 28.4. The highest BCUT2D eigenvalue weighted by Gasteiger charge is 2.27. The average Bonchev–Trinajstić information content (AvgIpc) is 3.35. The SMILES string of the molecule is CCCCCCCCCCCCCCCCCCOc1c2ccc(C(C)C)ccc-2c2c1CSC2. The molecule has 2 aliphatic carbocycles. The van der Waals surface area contributed by atoms with E-state index in [1.807, 2.05) is 11.8 Å². The van der Waals surface area contributed by atoms with Crippen molar-refractivity contribution in [3.05, 3.63) is 41.0 Å². The molecule has 1 nitrogen and oxygen atoms in total. The van der Waals surface area contributed by atoms with Crippen molar-refractivity contribution < 1.29 is 4.74 Å². The largest absolute Gasteiger partial charge is 0.493 e. The number of unbranched alkanes of at least 4 members (excludes halogenated alkanes) is 15. The number of thioether (sulfide) groups is 1. The molecule has 0 N–H and O–H groups in total. The van der Waals surface area contributed by atoms with Gasteiger partial charge in [-0.25, -0.2) is 0 Å². The third-order valence-corrected chi connectivity index (χ3v) is 8.77. The lowest BCUT2D eigenvalue weighted by Gasteiger charge is -2.09. The Balaban J connectivity index is 1.24. The van der Waals surface area contributed by atoms with Gasteiger partial charge in [0.2, 0.25) is 0 Å². The minimum atomic E-state index is 0.559. The average molecular weight is 497 g/mol. The molecule has 3 aliphatic rings. The summed E-state index contributed by atoms with van der Waals surface area (Å²) in [7, 11) is 0. The van der Waals surface area contributed by atoms with Crippen LogP contribution >= 0.6 is 11.8 Å². The van der Waals surface area contributed by atoms with Gasteiger partial charge in [0.1, 0.15) is 5.75 Å². The molecule has 3 rings (SSSR count). The van der Waals surface area contributed by atoms with E-state index in [2.05, 4.69) is 45.0 Å². The molecule has 0 aromatic rings. The molecule has 0 fully saturated rings. The summed E-state index contributed by atoms with van der Waals surface area (Å²) in [5.74, 6) is 3.99. The van der Waals surface area contributed by atoms with Gasteiger partial charge in [-0.3, -0.25) is 0 Å². The summed E-state index contributed by atoms with van der Waals surface area (Å²) in [6.45, 7) is 7.71. The second-order valence-electron chi connectivity index (χ2n) is 11.1. The van der Waals surface area contributed by atoms with Gasteiger partial charge in [0, 0.05) is 22.6 Å². The second kappa shape index (κ2) is 16.6. The standard InChI is InChI=1S/C33H52OS/c1-4-5-6-7-8-9-10-11-12-13-14-15-16-17-18-19-24-34-33-30-23-21-28(27(2)3)20-22-29(30)31-25-35-26-32(31)33/h20-23,27H,4-19,24-26H2,1-3H3. The van der Waals surface area contributed by atoms with Crippen LogP contribution in [-0.4, -0.2) is 6.61 Å². The number of hydrogen-bond acceptors (Lipinski definition) is 2. The quantitative estimate of drug-likeness (QED) is 0.179. The van der Waals surface area contributed by atoms with Crippen molar-refractivity contribution in [1.29, 1.82) is 0 Å². The van der Waals surface area contributed by atoms with Crippen molar-refractivity contribution in [3.8, 4) is 16.9 Å². The van der Waals surface area contributed by atoms with E-state index in [4.69, 9.17) is 4.74 Å². The molecule has 0 spiro atoms. The summed E-state index contributed by atoms with van der Waals surface area (Å²) >= 11 is 2.03. The Kier molecular flexibility index (Phi) is 13.5. The summed E-state index contributed by atoms with van der Waals surface area (Å²) in [6, 6.07) is 9.28. The van der Waals surface area contributed by atoms with Crippen molar-refractivity contribution in [2.45, 2.75) is 141 Å². The molecule has 0 saturated carbocycles. The molecule has 0 atom stereocenters. The van der Waals surface area contributed by atoms with Crippen LogP contribution in [0.25, 0.3) is 11.1 Å². The summed E-state index contributed by atoms with van der Waals surface area (Å²) in [5.41, 5.74) is 7.15. The lowest BCUT2D eigenvalue weighted by Crippen LogP contribution is -1.98. The van der Waals surface area contributed by atoms with E-state index >= 15 is 0 Å². The first-order valence-corrected chi connectivity index (χ1v) is 16.2. The van der Waals surface area contributed by atoms with Crippen LogP contribution in [0, 0.1) is 0 Å². The molecular weight excluding hydrogens is 444 g/mol. The monoisotopic (exact) mass is 496 g/mol. The Labute approximate surface area is 221 Å². The third kappa shape index (κ3) is 9.34. The predicted octanol–water partition coefficient (Wildman–Crippen LogP) is 11.3. The van der Waals surface area contributed by atoms with Crippen molar-refractivity contribution >= 4 is 11.8 Å². The summed E-state index contributed by atoms with van der Waals surface area (Å²) < 4.78 is 6.45. The van der Waals surface area contributed by atoms with E-state index in [1.165, 1.54) is 136 Å². The smallest absolute Gasteiger partial charge is 0.131 e. The molecular formula is C33H52OS. The molecule has 0 amide bonds. The predicted molar refractivity (Wildman–Crippen MR) is 157 cm³/mol. The van der Waals surface area contributed by atoms with Gasteiger partial charge in [-0.2, -0.15) is 11.8 Å². The molecule has 0 saturated heterocycles. The van der Waals surface area contributed by atoms with Crippen LogP contribution in [0.5, 0.6) is 5.75 Å². The number of rotatable bonds is 19. The Morgan fingerprint density at radius 3 is 1.66 bits per heavy atom. The Morgan fingerprint density at radius 2 is 1.11 bits per heavy atom. The van der Waals surface area contributed by atoms with Crippen LogP contribution in [0.1, 0.15) is 146 Å². The highest BCUT2D eigenvalue weighted by Crippen LogP contribution is 2.49. The minimum Gasteiger partial charge on any atom is -0.493 e. The van der Waals surface area contributed by atoms with E-state index in [9.17, 15) is 0 Å². The molecule has 2 heteroatoms. The molecule has 1 aliphatic heterocycles. The molecule has 196 valence electrons. The van der Waals surface area contributed by atoms with Crippen LogP contribution in [-0.2, 0) is 11.5 Å². The maximum atomic E-state index is 6.45. The van der Waals surface area contributed by atoms with Crippen LogP contribution < -0.4 is 4.74 Å². The lowest BCUT2D eigenvalue weighted by molar-refractivity contribution is 0.304. The molecule has 0 aromatic heterocycles. The Bertz CT molecular complexity index is 811. The van der Waals surface area contributed by atoms with E-state index in [0.29, 0.717) is 5.92 Å². The lowest BCUT2D eigenvalue weighted by atomic mass is 10.0. The van der Waals surface area contributed by atoms with Crippen LogP contribution in [0.4, 0.5) is 0 Å². The summed E-state index contributed by atoms with van der Waals surface area (Å²) in [5, 5.41) is 0. The minimum absolute atomic E-state index is 0.559. The highest BCUT2D eigenvalue weighted by atomic mass is 32.2. The Hall–Kier alpha value is -1.15. The van der Waals surface area contributed by atoms with Crippen molar-refractivity contribution in [3.63, 3.8) is 0 Å². The van der Waals surface area contributed by atoms with E-state index in [-0.39, 0.29) is 0 Å². The van der Waals surface area contributed by atoms with Gasteiger partial charge in [-0.1, -0.05) is 141 Å². The normalized spacial score (nSPS) is 13.1. The van der Waals surface area contributed by atoms with E-state index < -0.39 is 0 Å². The number of hydrogen-bond donors (Lipinski definition) is 0. The molecule has 0 aromatic carbocycles. The fourth-order valence-electron chi connectivity index (χ4n) is 5.46. The van der Waals surface area contributed by atoms with Gasteiger partial charge in [0.15, 0.2) is 0 Å². The third-order valence-electron chi connectivity index (χ3n) is 7.79. The van der Waals surface area contributed by atoms with Crippen LogP contribution in [0.3, 0.4) is 0 Å². The topological polar surface area (TPSA) is 9.23 Å². The summed E-state index contributed by atoms with van der Waals surface area (Å²) in [4.78, 5) is 0. The number of fused-ring (bicyclic) bond motifs is 3. The molecule has 0 unspecified atom stereocenters. The Morgan fingerprint density at radius 1 is 0.629 bits per heavy atom. The highest BCUT2D eigenvalue weighted by molar-refractivity contribution is 7.98. The zero-order chi connectivity index (χ0) is 24.7. The summed E-state index contributed by atoms with van der Waals surface area (Å²) in [6.07, 6.45) is 22.6. The van der Waals surface area contributed by atoms with Gasteiger partial charge in [0.05, 0.1) is 6.61 Å². The van der Waals surface area contributed by atoms with Gasteiger partial charge in [-0.15, -0.1) is 0 Å². The molecule has 0 radical (unpaired) electrons. The van der Waals surface area contributed by atoms with Gasteiger partial charge in [-0.05, 0) is 29.0 Å². The van der Waals surface area contributed by atoms with Gasteiger partial charge in [0.25, 0.3) is 0 Å². The maximum absolute atomic E-state index is 6.45. The van der Waals surface area contributed by atoms with Gasteiger partial charge >= 0.3 is 0 Å². The first-order valence-electron chi connectivity index (χ1n) is 15.0. The first-order chi connectivity index (χ1) is 17.2. The maximum Gasteiger partial charge on any atom is 0.131 e. The molecule has 1 heterocycles. The van der Waals surface area contributed by atoms with Gasteiger partial charge < -0.3 is 4.74 Å². The zero-order valence-corrected chi connectivity index (χ0v) is 24.0. The fraction of sp³-hybridized carbons (Fsp3) is 0.697. The van der Waals surface area contributed by atoms with Crippen LogP contribution in [0.2, 0.25) is 0 Å². The molecule has 0 bridgehead atoms.